The molecule has 0 radical (unpaired) electrons. The number of carbonyl (C=O) groups is 2. The number of amides is 1. The molecule has 1 aliphatic heterocycles. The van der Waals surface area contributed by atoms with E-state index in [1.807, 2.05) is 0 Å². The number of fused-ring (bicyclic) bond motifs is 1. The Morgan fingerprint density at radius 2 is 2.35 bits per heavy atom. The highest BCUT2D eigenvalue weighted by molar-refractivity contribution is 5.95. The van der Waals surface area contributed by atoms with E-state index < -0.39 is 5.97 Å². The van der Waals surface area contributed by atoms with Gasteiger partial charge in [0.1, 0.15) is 11.5 Å². The zero-order valence-corrected chi connectivity index (χ0v) is 8.93. The number of aliphatic carboxylic acids is 1. The summed E-state index contributed by atoms with van der Waals surface area (Å²) < 4.78 is 10.4. The molecule has 0 aliphatic carbocycles. The van der Waals surface area contributed by atoms with Crippen molar-refractivity contribution in [2.75, 3.05) is 18.5 Å². The molecule has 1 aromatic rings. The van der Waals surface area contributed by atoms with Gasteiger partial charge >= 0.3 is 5.97 Å². The summed E-state index contributed by atoms with van der Waals surface area (Å²) in [7, 11) is 0. The number of anilines is 1. The van der Waals surface area contributed by atoms with Crippen molar-refractivity contribution in [2.45, 2.75) is 6.42 Å². The summed E-state index contributed by atoms with van der Waals surface area (Å²) in [5, 5.41) is 11.1. The van der Waals surface area contributed by atoms with E-state index in [0.717, 1.165) is 0 Å². The second-order valence-electron chi connectivity index (χ2n) is 3.49. The zero-order valence-electron chi connectivity index (χ0n) is 8.93. The van der Waals surface area contributed by atoms with Gasteiger partial charge in [-0.3, -0.25) is 9.59 Å². The van der Waals surface area contributed by atoms with Crippen LogP contribution in [0.1, 0.15) is 6.42 Å². The summed E-state index contributed by atoms with van der Waals surface area (Å²) in [5.41, 5.74) is 0.536. The van der Waals surface area contributed by atoms with Crippen molar-refractivity contribution in [2.24, 2.45) is 0 Å². The number of hydrogen-bond acceptors (Lipinski definition) is 4. The quantitative estimate of drug-likeness (QED) is 0.811. The number of carboxylic acid groups (broad SMARTS) is 1. The Hall–Kier alpha value is -2.24. The number of nitrogens with one attached hydrogen (secondary N) is 1. The van der Waals surface area contributed by atoms with Crippen LogP contribution in [0.2, 0.25) is 0 Å². The highest BCUT2D eigenvalue weighted by Crippen LogP contribution is 2.31. The average molecular weight is 237 g/mol. The highest BCUT2D eigenvalue weighted by Gasteiger charge is 2.16. The van der Waals surface area contributed by atoms with E-state index in [9.17, 15) is 9.59 Å². The van der Waals surface area contributed by atoms with Gasteiger partial charge in [-0.05, 0) is 12.1 Å². The Morgan fingerprint density at radius 1 is 1.53 bits per heavy atom. The van der Waals surface area contributed by atoms with Gasteiger partial charge in [-0.2, -0.15) is 0 Å². The number of benzene rings is 1. The van der Waals surface area contributed by atoms with Crippen molar-refractivity contribution in [3.63, 3.8) is 0 Å². The monoisotopic (exact) mass is 237 g/mol. The van der Waals surface area contributed by atoms with Crippen LogP contribution in [0.3, 0.4) is 0 Å². The second kappa shape index (κ2) is 4.73. The molecule has 0 fully saturated rings. The number of ether oxygens (including phenoxy) is 2. The maximum Gasteiger partial charge on any atom is 0.306 e. The zero-order chi connectivity index (χ0) is 12.3. The van der Waals surface area contributed by atoms with Crippen LogP contribution < -0.4 is 14.8 Å². The molecular weight excluding hydrogens is 226 g/mol. The third kappa shape index (κ3) is 2.87. The van der Waals surface area contributed by atoms with Crippen molar-refractivity contribution in [1.82, 2.24) is 0 Å². The fourth-order valence-electron chi connectivity index (χ4n) is 1.41. The van der Waals surface area contributed by atoms with Gasteiger partial charge in [-0.25, -0.2) is 0 Å². The summed E-state index contributed by atoms with van der Waals surface area (Å²) in [6.07, 6.45) is -0.0695. The fourth-order valence-corrected chi connectivity index (χ4v) is 1.41. The molecule has 0 unspecified atom stereocenters. The SMILES string of the molecule is O=C(O)CCOc1ccc2c(c1)NC(=O)CO2. The Labute approximate surface area is 97.1 Å². The van der Waals surface area contributed by atoms with E-state index in [1.54, 1.807) is 18.2 Å². The molecule has 0 aromatic heterocycles. The lowest BCUT2D eigenvalue weighted by molar-refractivity contribution is -0.137. The minimum absolute atomic E-state index is 0.00617. The fraction of sp³-hybridized carbons (Fsp3) is 0.273. The van der Waals surface area contributed by atoms with Crippen molar-refractivity contribution in [3.05, 3.63) is 18.2 Å². The summed E-state index contributed by atoms with van der Waals surface area (Å²) in [4.78, 5) is 21.4. The molecule has 1 aliphatic rings. The van der Waals surface area contributed by atoms with Crippen molar-refractivity contribution in [1.29, 1.82) is 0 Å². The molecule has 2 N–H and O–H groups in total. The van der Waals surface area contributed by atoms with Crippen LogP contribution in [0.4, 0.5) is 5.69 Å². The standard InChI is InChI=1S/C11H11NO5/c13-10-6-17-9-2-1-7(5-8(9)12-10)16-4-3-11(14)15/h1-2,5H,3-4,6H2,(H,12,13)(H,14,15). The lowest BCUT2D eigenvalue weighted by atomic mass is 10.2. The molecule has 0 atom stereocenters. The van der Waals surface area contributed by atoms with Crippen molar-refractivity contribution < 1.29 is 24.2 Å². The number of carbonyl (C=O) groups excluding carboxylic acids is 1. The summed E-state index contributed by atoms with van der Waals surface area (Å²) in [6.45, 7) is 0.0924. The smallest absolute Gasteiger partial charge is 0.306 e. The van der Waals surface area contributed by atoms with Crippen LogP contribution >= 0.6 is 0 Å². The minimum atomic E-state index is -0.917. The first-order valence-corrected chi connectivity index (χ1v) is 5.06. The molecule has 6 heteroatoms. The number of rotatable bonds is 4. The van der Waals surface area contributed by atoms with E-state index in [0.29, 0.717) is 17.2 Å². The van der Waals surface area contributed by atoms with E-state index in [2.05, 4.69) is 5.32 Å². The average Bonchev–Trinajstić information content (AvgIpc) is 2.28. The predicted octanol–water partition coefficient (Wildman–Crippen LogP) is 0.871. The first kappa shape index (κ1) is 11.3. The lowest BCUT2D eigenvalue weighted by Crippen LogP contribution is -2.25. The van der Waals surface area contributed by atoms with Gasteiger partial charge in [0.05, 0.1) is 18.7 Å². The van der Waals surface area contributed by atoms with E-state index in [4.69, 9.17) is 14.6 Å². The van der Waals surface area contributed by atoms with Gasteiger partial charge < -0.3 is 19.9 Å². The highest BCUT2D eigenvalue weighted by atomic mass is 16.5. The van der Waals surface area contributed by atoms with Crippen molar-refractivity contribution >= 4 is 17.6 Å². The van der Waals surface area contributed by atoms with Gasteiger partial charge in [-0.15, -0.1) is 0 Å². The molecule has 0 bridgehead atoms. The molecule has 1 aromatic carbocycles. The lowest BCUT2D eigenvalue weighted by Gasteiger charge is -2.18. The molecular formula is C11H11NO5. The van der Waals surface area contributed by atoms with Crippen LogP contribution in [0.25, 0.3) is 0 Å². The summed E-state index contributed by atoms with van der Waals surface area (Å²) in [5.74, 6) is -0.0641. The Kier molecular flexibility index (Phi) is 3.13. The Bertz CT molecular complexity index is 457. The molecule has 1 heterocycles. The second-order valence-corrected chi connectivity index (χ2v) is 3.49. The van der Waals surface area contributed by atoms with Crippen LogP contribution in [0.15, 0.2) is 18.2 Å². The van der Waals surface area contributed by atoms with E-state index >= 15 is 0 Å². The minimum Gasteiger partial charge on any atom is -0.493 e. The molecule has 90 valence electrons. The maximum absolute atomic E-state index is 11.1. The van der Waals surface area contributed by atoms with E-state index in [-0.39, 0.29) is 25.5 Å². The first-order chi connectivity index (χ1) is 8.15. The molecule has 6 nitrogen and oxygen atoms in total. The normalized spacial score (nSPS) is 13.3. The van der Waals surface area contributed by atoms with Crippen LogP contribution in [-0.2, 0) is 9.59 Å². The summed E-state index contributed by atoms with van der Waals surface area (Å²) >= 11 is 0. The molecule has 0 saturated carbocycles. The maximum atomic E-state index is 11.1. The predicted molar refractivity (Wildman–Crippen MR) is 58.3 cm³/mol. The molecule has 2 rings (SSSR count). The third-order valence-corrected chi connectivity index (χ3v) is 2.17. The Morgan fingerprint density at radius 3 is 3.12 bits per heavy atom. The van der Waals surface area contributed by atoms with E-state index in [1.165, 1.54) is 0 Å². The van der Waals surface area contributed by atoms with Crippen molar-refractivity contribution in [3.8, 4) is 11.5 Å². The van der Waals surface area contributed by atoms with Gasteiger partial charge in [0.2, 0.25) is 0 Å². The van der Waals surface area contributed by atoms with Crippen LogP contribution in [-0.4, -0.2) is 30.2 Å². The third-order valence-electron chi connectivity index (χ3n) is 2.17. The van der Waals surface area contributed by atoms with Gasteiger partial charge in [-0.1, -0.05) is 0 Å². The largest absolute Gasteiger partial charge is 0.493 e. The number of carboxylic acids is 1. The molecule has 1 amide bonds. The number of hydrogen-bond donors (Lipinski definition) is 2. The summed E-state index contributed by atoms with van der Waals surface area (Å²) in [6, 6.07) is 4.94. The van der Waals surface area contributed by atoms with Gasteiger partial charge in [0.25, 0.3) is 5.91 Å². The molecule has 17 heavy (non-hydrogen) atoms. The van der Waals surface area contributed by atoms with Crippen LogP contribution in [0.5, 0.6) is 11.5 Å². The van der Waals surface area contributed by atoms with Gasteiger partial charge in [0.15, 0.2) is 6.61 Å². The first-order valence-electron chi connectivity index (χ1n) is 5.06. The molecule has 0 saturated heterocycles. The van der Waals surface area contributed by atoms with Crippen LogP contribution in [0, 0.1) is 0 Å². The molecule has 0 spiro atoms. The Balaban J connectivity index is 2.02. The van der Waals surface area contributed by atoms with Gasteiger partial charge in [0, 0.05) is 6.07 Å². The topological polar surface area (TPSA) is 84.9 Å².